The van der Waals surface area contributed by atoms with Gasteiger partial charge in [-0.3, -0.25) is 4.79 Å². The average molecular weight is 239 g/mol. The van der Waals surface area contributed by atoms with Crippen LogP contribution in [0.15, 0.2) is 11.6 Å². The van der Waals surface area contributed by atoms with E-state index in [-0.39, 0.29) is 11.5 Å². The molecule has 0 amide bonds. The van der Waals surface area contributed by atoms with E-state index < -0.39 is 18.0 Å². The number of esters is 2. The van der Waals surface area contributed by atoms with Gasteiger partial charge >= 0.3 is 11.9 Å². The number of carbonyl (C=O) groups excluding carboxylic acids is 2. The molecule has 1 unspecified atom stereocenters. The standard InChI is InChI=1S/C12H17NO4/c1-8(2)7-11(17-9(3)14)10(5-6-13)12(15)16-4/h5,8,11H,7H2,1-4H3/b10-5-. The Hall–Kier alpha value is -1.83. The molecule has 0 fully saturated rings. The maximum Gasteiger partial charge on any atom is 0.338 e. The number of methoxy groups -OCH3 is 1. The molecule has 0 spiro atoms. The van der Waals surface area contributed by atoms with Crippen molar-refractivity contribution < 1.29 is 19.1 Å². The average Bonchev–Trinajstić information content (AvgIpc) is 2.22. The second-order valence-electron chi connectivity index (χ2n) is 3.95. The van der Waals surface area contributed by atoms with Crippen molar-refractivity contribution in [3.8, 4) is 6.07 Å². The normalized spacial score (nSPS) is 12.8. The van der Waals surface area contributed by atoms with Crippen LogP contribution >= 0.6 is 0 Å². The highest BCUT2D eigenvalue weighted by Crippen LogP contribution is 2.18. The van der Waals surface area contributed by atoms with E-state index in [1.165, 1.54) is 14.0 Å². The van der Waals surface area contributed by atoms with Crippen molar-refractivity contribution in [2.24, 2.45) is 5.92 Å². The Labute approximate surface area is 101 Å². The van der Waals surface area contributed by atoms with Gasteiger partial charge in [0, 0.05) is 13.0 Å². The molecule has 0 aromatic heterocycles. The van der Waals surface area contributed by atoms with E-state index in [9.17, 15) is 9.59 Å². The molecule has 0 N–H and O–H groups in total. The molecule has 0 saturated carbocycles. The Morgan fingerprint density at radius 2 is 2.00 bits per heavy atom. The number of ether oxygens (including phenoxy) is 2. The monoisotopic (exact) mass is 239 g/mol. The molecule has 0 aromatic carbocycles. The topological polar surface area (TPSA) is 76.4 Å². The molecule has 5 nitrogen and oxygen atoms in total. The van der Waals surface area contributed by atoms with Crippen LogP contribution in [0.1, 0.15) is 27.2 Å². The molecule has 17 heavy (non-hydrogen) atoms. The number of allylic oxidation sites excluding steroid dienone is 1. The molecular formula is C12H17NO4. The SMILES string of the molecule is COC(=O)/C(=C\C#N)C(CC(C)C)OC(C)=O. The lowest BCUT2D eigenvalue weighted by molar-refractivity contribution is -0.147. The van der Waals surface area contributed by atoms with Gasteiger partial charge in [0.1, 0.15) is 6.10 Å². The fourth-order valence-electron chi connectivity index (χ4n) is 1.34. The third-order valence-corrected chi connectivity index (χ3v) is 1.98. The van der Waals surface area contributed by atoms with Gasteiger partial charge in [-0.15, -0.1) is 0 Å². The molecule has 1 atom stereocenters. The summed E-state index contributed by atoms with van der Waals surface area (Å²) < 4.78 is 9.60. The van der Waals surface area contributed by atoms with Crippen molar-refractivity contribution in [1.29, 1.82) is 5.26 Å². The van der Waals surface area contributed by atoms with E-state index in [0.29, 0.717) is 6.42 Å². The van der Waals surface area contributed by atoms with Crippen molar-refractivity contribution in [2.75, 3.05) is 7.11 Å². The highest BCUT2D eigenvalue weighted by atomic mass is 16.6. The number of rotatable bonds is 5. The highest BCUT2D eigenvalue weighted by Gasteiger charge is 2.25. The van der Waals surface area contributed by atoms with Crippen LogP contribution in [0.4, 0.5) is 0 Å². The smallest absolute Gasteiger partial charge is 0.338 e. The number of hydrogen-bond acceptors (Lipinski definition) is 5. The lowest BCUT2D eigenvalue weighted by atomic mass is 9.99. The van der Waals surface area contributed by atoms with Crippen LogP contribution in [-0.2, 0) is 19.1 Å². The molecule has 0 aromatic rings. The van der Waals surface area contributed by atoms with E-state index in [4.69, 9.17) is 10.00 Å². The first-order valence-electron chi connectivity index (χ1n) is 5.27. The molecule has 5 heteroatoms. The first-order chi connectivity index (χ1) is 7.92. The fraction of sp³-hybridized carbons (Fsp3) is 0.583. The summed E-state index contributed by atoms with van der Waals surface area (Å²) in [5.74, 6) is -0.937. The number of nitriles is 1. The second-order valence-corrected chi connectivity index (χ2v) is 3.95. The van der Waals surface area contributed by atoms with Gasteiger partial charge in [-0.2, -0.15) is 5.26 Å². The first kappa shape index (κ1) is 15.2. The largest absolute Gasteiger partial charge is 0.466 e. The minimum Gasteiger partial charge on any atom is -0.466 e. The zero-order chi connectivity index (χ0) is 13.4. The van der Waals surface area contributed by atoms with Gasteiger partial charge in [-0.05, 0) is 12.3 Å². The third kappa shape index (κ3) is 5.71. The lowest BCUT2D eigenvalue weighted by Gasteiger charge is -2.19. The van der Waals surface area contributed by atoms with Gasteiger partial charge in [-0.1, -0.05) is 13.8 Å². The molecule has 0 radical (unpaired) electrons. The minimum absolute atomic E-state index is 0.0684. The Morgan fingerprint density at radius 1 is 1.41 bits per heavy atom. The lowest BCUT2D eigenvalue weighted by Crippen LogP contribution is -2.26. The van der Waals surface area contributed by atoms with Crippen LogP contribution < -0.4 is 0 Å². The Kier molecular flexibility index (Phi) is 6.64. The van der Waals surface area contributed by atoms with Crippen molar-refractivity contribution in [1.82, 2.24) is 0 Å². The predicted molar refractivity (Wildman–Crippen MR) is 60.7 cm³/mol. The number of hydrogen-bond donors (Lipinski definition) is 0. The number of carbonyl (C=O) groups is 2. The first-order valence-corrected chi connectivity index (χ1v) is 5.27. The van der Waals surface area contributed by atoms with Gasteiger partial charge < -0.3 is 9.47 Å². The minimum atomic E-state index is -0.736. The Balaban J connectivity index is 5.08. The summed E-state index contributed by atoms with van der Waals surface area (Å²) in [6.45, 7) is 5.12. The van der Waals surface area contributed by atoms with Gasteiger partial charge in [0.25, 0.3) is 0 Å². The van der Waals surface area contributed by atoms with Crippen molar-refractivity contribution in [3.05, 3.63) is 11.6 Å². The molecule has 0 rings (SSSR count). The van der Waals surface area contributed by atoms with Crippen molar-refractivity contribution >= 4 is 11.9 Å². The van der Waals surface area contributed by atoms with Gasteiger partial charge in [0.2, 0.25) is 0 Å². The quantitative estimate of drug-likeness (QED) is 0.413. The zero-order valence-corrected chi connectivity index (χ0v) is 10.5. The highest BCUT2D eigenvalue weighted by molar-refractivity contribution is 5.90. The van der Waals surface area contributed by atoms with E-state index in [1.807, 2.05) is 13.8 Å². The maximum atomic E-state index is 11.5. The van der Waals surface area contributed by atoms with E-state index in [2.05, 4.69) is 4.74 Å². The molecule has 0 aliphatic rings. The van der Waals surface area contributed by atoms with Crippen LogP contribution in [-0.4, -0.2) is 25.2 Å². The van der Waals surface area contributed by atoms with Crippen molar-refractivity contribution in [2.45, 2.75) is 33.3 Å². The van der Waals surface area contributed by atoms with Gasteiger partial charge in [-0.25, -0.2) is 4.79 Å². The summed E-state index contributed by atoms with van der Waals surface area (Å²) in [4.78, 5) is 22.4. The summed E-state index contributed by atoms with van der Waals surface area (Å²) in [7, 11) is 1.22. The number of nitrogens with zero attached hydrogens (tertiary/aromatic N) is 1. The molecule has 0 heterocycles. The molecule has 94 valence electrons. The van der Waals surface area contributed by atoms with Crippen LogP contribution in [0.2, 0.25) is 0 Å². The maximum absolute atomic E-state index is 11.5. The van der Waals surface area contributed by atoms with E-state index >= 15 is 0 Å². The van der Waals surface area contributed by atoms with Gasteiger partial charge in [0.05, 0.1) is 18.8 Å². The van der Waals surface area contributed by atoms with Crippen LogP contribution in [0.5, 0.6) is 0 Å². The molecule has 0 saturated heterocycles. The van der Waals surface area contributed by atoms with Crippen LogP contribution in [0.3, 0.4) is 0 Å². The van der Waals surface area contributed by atoms with Crippen LogP contribution in [0.25, 0.3) is 0 Å². The molecule has 0 aliphatic heterocycles. The van der Waals surface area contributed by atoms with E-state index in [0.717, 1.165) is 6.08 Å². The molecule has 0 aliphatic carbocycles. The van der Waals surface area contributed by atoms with Crippen LogP contribution in [0, 0.1) is 17.2 Å². The predicted octanol–water partition coefficient (Wildman–Crippen LogP) is 1.59. The van der Waals surface area contributed by atoms with Gasteiger partial charge in [0.15, 0.2) is 0 Å². The van der Waals surface area contributed by atoms with Crippen molar-refractivity contribution in [3.63, 3.8) is 0 Å². The Bertz CT molecular complexity index is 352. The molecular weight excluding hydrogens is 222 g/mol. The summed E-state index contributed by atoms with van der Waals surface area (Å²) >= 11 is 0. The zero-order valence-electron chi connectivity index (χ0n) is 10.5. The summed E-state index contributed by atoms with van der Waals surface area (Å²) in [6.07, 6.45) is 0.781. The summed E-state index contributed by atoms with van der Waals surface area (Å²) in [5.41, 5.74) is 0.0684. The molecule has 0 bridgehead atoms. The Morgan fingerprint density at radius 3 is 2.35 bits per heavy atom. The van der Waals surface area contributed by atoms with E-state index in [1.54, 1.807) is 6.07 Å². The second kappa shape index (κ2) is 7.44. The third-order valence-electron chi connectivity index (χ3n) is 1.98. The summed E-state index contributed by atoms with van der Waals surface area (Å²) in [6, 6.07) is 1.76. The fourth-order valence-corrected chi connectivity index (χ4v) is 1.34. The summed E-state index contributed by atoms with van der Waals surface area (Å²) in [5, 5.41) is 8.62.